The standard InChI is InChI=1S/C21H20N6O3/c1-28-13-5-2-11(3-6-13)14-9-15(12-4-7-16-17(8-12)30-10-29-16)24-18-19(22)26-21(23)27-20(18)25-14/h2-8,14H,9-10H2,1H3,(H5,22,23,25,26,27). The lowest BCUT2D eigenvalue weighted by Gasteiger charge is -2.19. The molecule has 0 saturated heterocycles. The molecule has 9 nitrogen and oxygen atoms in total. The molecule has 30 heavy (non-hydrogen) atoms. The fourth-order valence-electron chi connectivity index (χ4n) is 3.59. The molecule has 0 aliphatic carbocycles. The second kappa shape index (κ2) is 7.11. The minimum absolute atomic E-state index is 0.0916. The Kier molecular flexibility index (Phi) is 4.27. The van der Waals surface area contributed by atoms with Crippen LogP contribution in [0.3, 0.4) is 0 Å². The molecule has 0 amide bonds. The van der Waals surface area contributed by atoms with E-state index in [0.29, 0.717) is 29.4 Å². The second-order valence-electron chi connectivity index (χ2n) is 6.97. The summed E-state index contributed by atoms with van der Waals surface area (Å²) in [4.78, 5) is 13.2. The smallest absolute Gasteiger partial charge is 0.231 e. The van der Waals surface area contributed by atoms with Crippen molar-refractivity contribution in [3.05, 3.63) is 53.6 Å². The number of nitrogens with two attached hydrogens (primary N) is 2. The van der Waals surface area contributed by atoms with E-state index in [1.54, 1.807) is 7.11 Å². The van der Waals surface area contributed by atoms with E-state index < -0.39 is 0 Å². The Bertz CT molecular complexity index is 1150. The van der Waals surface area contributed by atoms with Gasteiger partial charge < -0.3 is 31.0 Å². The van der Waals surface area contributed by atoms with Gasteiger partial charge in [-0.2, -0.15) is 9.97 Å². The maximum Gasteiger partial charge on any atom is 0.231 e. The number of methoxy groups -OCH3 is 1. The van der Waals surface area contributed by atoms with Crippen molar-refractivity contribution in [3.63, 3.8) is 0 Å². The summed E-state index contributed by atoms with van der Waals surface area (Å²) in [6.45, 7) is 0.212. The first-order valence-corrected chi connectivity index (χ1v) is 9.42. The predicted molar refractivity (Wildman–Crippen MR) is 114 cm³/mol. The Morgan fingerprint density at radius 2 is 1.83 bits per heavy atom. The Hall–Kier alpha value is -4.01. The second-order valence-corrected chi connectivity index (χ2v) is 6.97. The zero-order valence-corrected chi connectivity index (χ0v) is 16.3. The number of ether oxygens (including phenoxy) is 3. The summed E-state index contributed by atoms with van der Waals surface area (Å²) in [6.07, 6.45) is 0.585. The van der Waals surface area contributed by atoms with Crippen LogP contribution >= 0.6 is 0 Å². The van der Waals surface area contributed by atoms with Crippen LogP contribution in [0, 0.1) is 0 Å². The fourth-order valence-corrected chi connectivity index (χ4v) is 3.59. The highest BCUT2D eigenvalue weighted by atomic mass is 16.7. The highest BCUT2D eigenvalue weighted by Gasteiger charge is 2.25. The number of anilines is 3. The van der Waals surface area contributed by atoms with Crippen molar-refractivity contribution in [2.75, 3.05) is 30.7 Å². The van der Waals surface area contributed by atoms with Crippen LogP contribution in [-0.4, -0.2) is 29.6 Å². The third kappa shape index (κ3) is 3.20. The molecule has 1 unspecified atom stereocenters. The van der Waals surface area contributed by atoms with Gasteiger partial charge in [0.1, 0.15) is 11.4 Å². The Morgan fingerprint density at radius 1 is 1.03 bits per heavy atom. The lowest BCUT2D eigenvalue weighted by atomic mass is 9.97. The van der Waals surface area contributed by atoms with Gasteiger partial charge in [0, 0.05) is 6.42 Å². The van der Waals surface area contributed by atoms with Gasteiger partial charge in [0.2, 0.25) is 12.7 Å². The van der Waals surface area contributed by atoms with Gasteiger partial charge in [-0.1, -0.05) is 12.1 Å². The minimum atomic E-state index is -0.116. The molecule has 0 spiro atoms. The molecule has 3 heterocycles. The van der Waals surface area contributed by atoms with Crippen LogP contribution in [0.2, 0.25) is 0 Å². The highest BCUT2D eigenvalue weighted by molar-refractivity contribution is 6.05. The third-order valence-corrected chi connectivity index (χ3v) is 5.11. The lowest BCUT2D eigenvalue weighted by Crippen LogP contribution is -2.15. The molecule has 5 N–H and O–H groups in total. The van der Waals surface area contributed by atoms with Gasteiger partial charge in [0.15, 0.2) is 23.1 Å². The predicted octanol–water partition coefficient (Wildman–Crippen LogP) is 3.06. The number of hydrogen-bond acceptors (Lipinski definition) is 9. The van der Waals surface area contributed by atoms with Crippen LogP contribution < -0.4 is 31.0 Å². The summed E-state index contributed by atoms with van der Waals surface area (Å²) >= 11 is 0. The van der Waals surface area contributed by atoms with E-state index in [-0.39, 0.29) is 24.6 Å². The maximum absolute atomic E-state index is 6.12. The highest BCUT2D eigenvalue weighted by Crippen LogP contribution is 2.39. The SMILES string of the molecule is COc1ccc(C2CC(c3ccc4c(c3)OCO4)=Nc3c(N)nc(N)nc3N2)cc1. The van der Waals surface area contributed by atoms with E-state index in [1.807, 2.05) is 42.5 Å². The van der Waals surface area contributed by atoms with E-state index in [2.05, 4.69) is 15.3 Å². The largest absolute Gasteiger partial charge is 0.497 e. The normalized spacial score (nSPS) is 16.8. The van der Waals surface area contributed by atoms with Crippen LogP contribution in [0.15, 0.2) is 47.5 Å². The number of nitrogens with one attached hydrogen (secondary N) is 1. The maximum atomic E-state index is 6.12. The number of aliphatic imine (C=N–C) groups is 1. The van der Waals surface area contributed by atoms with Gasteiger partial charge in [-0.3, -0.25) is 0 Å². The van der Waals surface area contributed by atoms with E-state index >= 15 is 0 Å². The van der Waals surface area contributed by atoms with Crippen molar-refractivity contribution in [1.29, 1.82) is 0 Å². The van der Waals surface area contributed by atoms with E-state index in [4.69, 9.17) is 30.7 Å². The molecule has 0 fully saturated rings. The molecular formula is C21H20N6O3. The van der Waals surface area contributed by atoms with Gasteiger partial charge in [0.05, 0.1) is 18.9 Å². The van der Waals surface area contributed by atoms with Crippen molar-refractivity contribution in [2.24, 2.45) is 4.99 Å². The summed E-state index contributed by atoms with van der Waals surface area (Å²) in [7, 11) is 1.64. The summed E-state index contributed by atoms with van der Waals surface area (Å²) in [5.74, 6) is 3.00. The van der Waals surface area contributed by atoms with Crippen molar-refractivity contribution in [3.8, 4) is 17.2 Å². The monoisotopic (exact) mass is 404 g/mol. The van der Waals surface area contributed by atoms with E-state index in [9.17, 15) is 0 Å². The minimum Gasteiger partial charge on any atom is -0.497 e. The van der Waals surface area contributed by atoms with Crippen LogP contribution in [-0.2, 0) is 0 Å². The van der Waals surface area contributed by atoms with Gasteiger partial charge in [-0.05, 0) is 41.5 Å². The number of nitrogens with zero attached hydrogens (tertiary/aromatic N) is 3. The molecule has 9 heteroatoms. The number of rotatable bonds is 3. The molecule has 2 aromatic carbocycles. The Balaban J connectivity index is 1.61. The zero-order valence-electron chi connectivity index (χ0n) is 16.3. The summed E-state index contributed by atoms with van der Waals surface area (Å²) in [5, 5.41) is 3.42. The van der Waals surface area contributed by atoms with Gasteiger partial charge in [-0.25, -0.2) is 4.99 Å². The molecule has 152 valence electrons. The number of aromatic nitrogens is 2. The first-order chi connectivity index (χ1) is 14.6. The number of benzene rings is 2. The van der Waals surface area contributed by atoms with Gasteiger partial charge >= 0.3 is 0 Å². The summed E-state index contributed by atoms with van der Waals surface area (Å²) in [5.41, 5.74) is 15.2. The molecular weight excluding hydrogens is 384 g/mol. The molecule has 0 radical (unpaired) electrons. The van der Waals surface area contributed by atoms with Crippen molar-refractivity contribution in [2.45, 2.75) is 12.5 Å². The van der Waals surface area contributed by atoms with E-state index in [0.717, 1.165) is 22.6 Å². The first-order valence-electron chi connectivity index (χ1n) is 9.42. The molecule has 2 aliphatic heterocycles. The van der Waals surface area contributed by atoms with Crippen molar-refractivity contribution in [1.82, 2.24) is 9.97 Å². The zero-order chi connectivity index (χ0) is 20.7. The quantitative estimate of drug-likeness (QED) is 0.607. The summed E-state index contributed by atoms with van der Waals surface area (Å²) < 4.78 is 16.2. The number of hydrogen-bond donors (Lipinski definition) is 3. The molecule has 2 aliphatic rings. The van der Waals surface area contributed by atoms with Gasteiger partial charge in [-0.15, -0.1) is 0 Å². The van der Waals surface area contributed by atoms with Crippen LogP contribution in [0.25, 0.3) is 0 Å². The molecule has 3 aromatic rings. The molecule has 0 saturated carbocycles. The Labute approximate surface area is 172 Å². The van der Waals surface area contributed by atoms with Crippen LogP contribution in [0.4, 0.5) is 23.3 Å². The first kappa shape index (κ1) is 18.0. The van der Waals surface area contributed by atoms with Gasteiger partial charge in [0.25, 0.3) is 0 Å². The fraction of sp³-hybridized carbons (Fsp3) is 0.190. The lowest BCUT2D eigenvalue weighted by molar-refractivity contribution is 0.174. The molecule has 1 atom stereocenters. The average molecular weight is 404 g/mol. The van der Waals surface area contributed by atoms with E-state index in [1.165, 1.54) is 0 Å². The van der Waals surface area contributed by atoms with Crippen LogP contribution in [0.1, 0.15) is 23.6 Å². The average Bonchev–Trinajstić information content (AvgIpc) is 3.13. The summed E-state index contributed by atoms with van der Waals surface area (Å²) in [6, 6.07) is 13.5. The Morgan fingerprint density at radius 3 is 2.63 bits per heavy atom. The number of fused-ring (bicyclic) bond motifs is 2. The topological polar surface area (TPSA) is 130 Å². The number of nitrogen functional groups attached to an aromatic ring is 2. The molecule has 1 aromatic heterocycles. The van der Waals surface area contributed by atoms with Crippen LogP contribution in [0.5, 0.6) is 17.2 Å². The third-order valence-electron chi connectivity index (χ3n) is 5.11. The van der Waals surface area contributed by atoms with Crippen molar-refractivity contribution < 1.29 is 14.2 Å². The van der Waals surface area contributed by atoms with Crippen molar-refractivity contribution >= 4 is 29.0 Å². The molecule has 5 rings (SSSR count). The molecule has 0 bridgehead atoms.